The predicted molar refractivity (Wildman–Crippen MR) is 60.1 cm³/mol. The third kappa shape index (κ3) is 2.10. The van der Waals surface area contributed by atoms with Crippen molar-refractivity contribution in [3.05, 3.63) is 22.7 Å². The molecule has 0 saturated carbocycles. The lowest BCUT2D eigenvalue weighted by Crippen LogP contribution is -2.33. The van der Waals surface area contributed by atoms with Crippen molar-refractivity contribution in [1.29, 1.82) is 0 Å². The van der Waals surface area contributed by atoms with Crippen LogP contribution in [0.15, 0.2) is 17.1 Å². The van der Waals surface area contributed by atoms with E-state index >= 15 is 0 Å². The van der Waals surface area contributed by atoms with Crippen molar-refractivity contribution in [2.24, 2.45) is 5.92 Å². The molecule has 1 aliphatic rings. The number of ether oxygens (including phenoxy) is 1. The van der Waals surface area contributed by atoms with Gasteiger partial charge in [0.2, 0.25) is 0 Å². The zero-order valence-corrected chi connectivity index (χ0v) is 9.72. The van der Waals surface area contributed by atoms with Crippen molar-refractivity contribution < 1.29 is 20.2 Å². The SMILES string of the molecule is C[C@@H]1[C@H](O)[C@H](n2ccc(NO)nc2=O)O[C@@H]1CO. The van der Waals surface area contributed by atoms with Crippen molar-refractivity contribution in [2.45, 2.75) is 25.4 Å². The van der Waals surface area contributed by atoms with Crippen LogP contribution in [0.5, 0.6) is 0 Å². The van der Waals surface area contributed by atoms with Gasteiger partial charge in [-0.25, -0.2) is 4.79 Å². The lowest BCUT2D eigenvalue weighted by molar-refractivity contribution is -0.0533. The first-order valence-electron chi connectivity index (χ1n) is 5.52. The fourth-order valence-corrected chi connectivity index (χ4v) is 1.97. The van der Waals surface area contributed by atoms with Gasteiger partial charge in [0.15, 0.2) is 12.0 Å². The summed E-state index contributed by atoms with van der Waals surface area (Å²) < 4.78 is 6.54. The summed E-state index contributed by atoms with van der Waals surface area (Å²) in [5.41, 5.74) is 1.09. The Balaban J connectivity index is 2.30. The Morgan fingerprint density at radius 1 is 1.61 bits per heavy atom. The molecule has 0 amide bonds. The zero-order chi connectivity index (χ0) is 13.3. The van der Waals surface area contributed by atoms with E-state index in [0.29, 0.717) is 0 Å². The van der Waals surface area contributed by atoms with Gasteiger partial charge in [0.25, 0.3) is 0 Å². The Labute approximate surface area is 102 Å². The topological polar surface area (TPSA) is 117 Å². The number of hydrogen-bond donors (Lipinski definition) is 4. The maximum absolute atomic E-state index is 11.7. The molecule has 0 spiro atoms. The average Bonchev–Trinajstić information content (AvgIpc) is 2.66. The van der Waals surface area contributed by atoms with E-state index in [2.05, 4.69) is 4.98 Å². The van der Waals surface area contributed by atoms with E-state index in [1.807, 2.05) is 0 Å². The number of rotatable bonds is 3. The van der Waals surface area contributed by atoms with Crippen LogP contribution in [-0.4, -0.2) is 43.8 Å². The highest BCUT2D eigenvalue weighted by Crippen LogP contribution is 2.32. The van der Waals surface area contributed by atoms with E-state index in [0.717, 1.165) is 4.57 Å². The van der Waals surface area contributed by atoms with Crippen molar-refractivity contribution in [1.82, 2.24) is 9.55 Å². The molecule has 8 nitrogen and oxygen atoms in total. The fraction of sp³-hybridized carbons (Fsp3) is 0.600. The molecule has 0 radical (unpaired) electrons. The summed E-state index contributed by atoms with van der Waals surface area (Å²) in [5.74, 6) is -0.280. The molecule has 0 unspecified atom stereocenters. The molecule has 18 heavy (non-hydrogen) atoms. The molecule has 1 aromatic heterocycles. The summed E-state index contributed by atoms with van der Waals surface area (Å²) in [4.78, 5) is 15.2. The lowest BCUT2D eigenvalue weighted by Gasteiger charge is -2.17. The Hall–Kier alpha value is -1.48. The molecule has 100 valence electrons. The highest BCUT2D eigenvalue weighted by atomic mass is 16.5. The minimum absolute atomic E-state index is 0.00972. The number of nitrogens with one attached hydrogen (secondary N) is 1. The van der Waals surface area contributed by atoms with Crippen molar-refractivity contribution >= 4 is 5.82 Å². The Morgan fingerprint density at radius 2 is 2.33 bits per heavy atom. The van der Waals surface area contributed by atoms with Crippen LogP contribution in [0.2, 0.25) is 0 Å². The van der Waals surface area contributed by atoms with Crippen LogP contribution in [0, 0.1) is 5.92 Å². The molecule has 0 bridgehead atoms. The molecular formula is C10H15N3O5. The summed E-state index contributed by atoms with van der Waals surface area (Å²) in [6, 6.07) is 1.37. The zero-order valence-electron chi connectivity index (χ0n) is 9.72. The smallest absolute Gasteiger partial charge is 0.351 e. The normalized spacial score (nSPS) is 31.6. The average molecular weight is 257 g/mol. The van der Waals surface area contributed by atoms with Crippen LogP contribution in [0.3, 0.4) is 0 Å². The van der Waals surface area contributed by atoms with E-state index in [1.54, 1.807) is 12.4 Å². The molecule has 1 aromatic rings. The summed E-state index contributed by atoms with van der Waals surface area (Å²) in [7, 11) is 0. The van der Waals surface area contributed by atoms with E-state index in [1.165, 1.54) is 12.3 Å². The van der Waals surface area contributed by atoms with Gasteiger partial charge in [-0.05, 0) is 6.07 Å². The van der Waals surface area contributed by atoms with Crippen LogP contribution in [-0.2, 0) is 4.74 Å². The molecule has 2 rings (SSSR count). The second-order valence-corrected chi connectivity index (χ2v) is 4.21. The van der Waals surface area contributed by atoms with E-state index in [4.69, 9.17) is 15.1 Å². The molecular weight excluding hydrogens is 242 g/mol. The van der Waals surface area contributed by atoms with Crippen LogP contribution in [0.4, 0.5) is 5.82 Å². The molecule has 1 saturated heterocycles. The van der Waals surface area contributed by atoms with Gasteiger partial charge in [0.1, 0.15) is 6.10 Å². The third-order valence-corrected chi connectivity index (χ3v) is 3.13. The monoisotopic (exact) mass is 257 g/mol. The Bertz CT molecular complexity index is 477. The second kappa shape index (κ2) is 5.02. The van der Waals surface area contributed by atoms with Crippen LogP contribution >= 0.6 is 0 Å². The van der Waals surface area contributed by atoms with Gasteiger partial charge in [0.05, 0.1) is 12.7 Å². The largest absolute Gasteiger partial charge is 0.394 e. The van der Waals surface area contributed by atoms with Crippen LogP contribution < -0.4 is 11.2 Å². The number of aromatic nitrogens is 2. The first-order chi connectivity index (χ1) is 8.58. The molecule has 1 fully saturated rings. The minimum atomic E-state index is -0.908. The van der Waals surface area contributed by atoms with Crippen molar-refractivity contribution in [3.63, 3.8) is 0 Å². The van der Waals surface area contributed by atoms with Gasteiger partial charge in [-0.15, -0.1) is 0 Å². The summed E-state index contributed by atoms with van der Waals surface area (Å²) >= 11 is 0. The molecule has 4 N–H and O–H groups in total. The molecule has 0 aliphatic carbocycles. The summed E-state index contributed by atoms with van der Waals surface area (Å²) in [6.07, 6.45) is -0.958. The van der Waals surface area contributed by atoms with Gasteiger partial charge in [-0.1, -0.05) is 6.92 Å². The van der Waals surface area contributed by atoms with Crippen LogP contribution in [0.1, 0.15) is 13.2 Å². The van der Waals surface area contributed by atoms with Gasteiger partial charge >= 0.3 is 5.69 Å². The fourth-order valence-electron chi connectivity index (χ4n) is 1.97. The summed E-state index contributed by atoms with van der Waals surface area (Å²) in [5, 5.41) is 27.7. The van der Waals surface area contributed by atoms with Gasteiger partial charge in [-0.2, -0.15) is 4.98 Å². The van der Waals surface area contributed by atoms with Crippen molar-refractivity contribution in [2.75, 3.05) is 12.1 Å². The number of nitrogens with zero attached hydrogens (tertiary/aromatic N) is 2. The van der Waals surface area contributed by atoms with E-state index in [9.17, 15) is 9.90 Å². The first-order valence-corrected chi connectivity index (χ1v) is 5.52. The molecule has 4 atom stereocenters. The molecule has 1 aliphatic heterocycles. The molecule has 0 aromatic carbocycles. The van der Waals surface area contributed by atoms with E-state index < -0.39 is 24.1 Å². The minimum Gasteiger partial charge on any atom is -0.394 e. The number of anilines is 1. The summed E-state index contributed by atoms with van der Waals surface area (Å²) in [6.45, 7) is 1.50. The number of aliphatic hydroxyl groups excluding tert-OH is 2. The maximum atomic E-state index is 11.7. The highest BCUT2D eigenvalue weighted by molar-refractivity contribution is 5.28. The predicted octanol–water partition coefficient (Wildman–Crippen LogP) is -1.07. The number of aliphatic hydroxyl groups is 2. The third-order valence-electron chi connectivity index (χ3n) is 3.13. The first kappa shape index (κ1) is 13.0. The van der Waals surface area contributed by atoms with Gasteiger partial charge < -0.3 is 14.9 Å². The Kier molecular flexibility index (Phi) is 3.62. The number of hydrogen-bond acceptors (Lipinski definition) is 7. The van der Waals surface area contributed by atoms with E-state index in [-0.39, 0.29) is 18.3 Å². The Morgan fingerprint density at radius 3 is 2.83 bits per heavy atom. The highest BCUT2D eigenvalue weighted by Gasteiger charge is 2.41. The van der Waals surface area contributed by atoms with Gasteiger partial charge in [0, 0.05) is 12.1 Å². The van der Waals surface area contributed by atoms with Gasteiger partial charge in [-0.3, -0.25) is 15.3 Å². The molecule has 8 heteroatoms. The molecule has 2 heterocycles. The standard InChI is InChI=1S/C10H15N3O5/c1-5-6(4-14)18-9(8(5)15)13-3-2-7(12-17)11-10(13)16/h2-3,5-6,8-9,14-15,17H,4H2,1H3,(H,11,12,16)/t5-,6+,8-,9+/m0/s1. The maximum Gasteiger partial charge on any atom is 0.351 e. The second-order valence-electron chi connectivity index (χ2n) is 4.21. The van der Waals surface area contributed by atoms with Crippen LogP contribution in [0.25, 0.3) is 0 Å². The van der Waals surface area contributed by atoms with Crippen molar-refractivity contribution in [3.8, 4) is 0 Å². The quantitative estimate of drug-likeness (QED) is 0.509. The lowest BCUT2D eigenvalue weighted by atomic mass is 10.0.